The summed E-state index contributed by atoms with van der Waals surface area (Å²) in [7, 11) is 0. The van der Waals surface area contributed by atoms with E-state index in [9.17, 15) is 0 Å². The molecule has 0 bridgehead atoms. The predicted molar refractivity (Wildman–Crippen MR) is 44.8 cm³/mol. The molecule has 0 aliphatic carbocycles. The van der Waals surface area contributed by atoms with Crippen molar-refractivity contribution in [3.8, 4) is 0 Å². The lowest BCUT2D eigenvalue weighted by atomic mass is 10.2. The highest BCUT2D eigenvalue weighted by molar-refractivity contribution is 5.19. The van der Waals surface area contributed by atoms with E-state index in [1.54, 1.807) is 0 Å². The Bertz CT molecular complexity index is 134. The van der Waals surface area contributed by atoms with Gasteiger partial charge in [-0.1, -0.05) is 19.6 Å². The zero-order chi connectivity index (χ0) is 7.98. The van der Waals surface area contributed by atoms with Crippen LogP contribution in [0.15, 0.2) is 24.0 Å². The first-order chi connectivity index (χ1) is 4.72. The molecule has 0 aromatic carbocycles. The Balaban J connectivity index is 3.82. The zero-order valence-electron chi connectivity index (χ0n) is 7.11. The predicted octanol–water partition coefficient (Wildman–Crippen LogP) is 2.89. The van der Waals surface area contributed by atoms with Gasteiger partial charge in [0.25, 0.3) is 0 Å². The van der Waals surface area contributed by atoms with Crippen LogP contribution in [0.25, 0.3) is 0 Å². The Morgan fingerprint density at radius 2 is 2.10 bits per heavy atom. The van der Waals surface area contributed by atoms with Crippen molar-refractivity contribution in [2.45, 2.75) is 27.2 Å². The minimum Gasteiger partial charge on any atom is -0.494 e. The highest BCUT2D eigenvalue weighted by Gasteiger charge is 1.93. The third kappa shape index (κ3) is 3.33. The molecule has 0 aromatic rings. The second-order valence-electron chi connectivity index (χ2n) is 2.15. The molecule has 0 unspecified atom stereocenters. The quantitative estimate of drug-likeness (QED) is 0.431. The lowest BCUT2D eigenvalue weighted by molar-refractivity contribution is 0.239. The van der Waals surface area contributed by atoms with Crippen LogP contribution in [-0.2, 0) is 4.74 Å². The normalized spacial score (nSPS) is 11.3. The van der Waals surface area contributed by atoms with Gasteiger partial charge in [0.1, 0.15) is 5.76 Å². The molecular formula is C9H16O. The fourth-order valence-electron chi connectivity index (χ4n) is 0.708. The summed E-state index contributed by atoms with van der Waals surface area (Å²) in [5, 5.41) is 0. The second-order valence-corrected chi connectivity index (χ2v) is 2.15. The van der Waals surface area contributed by atoms with Crippen LogP contribution in [-0.4, -0.2) is 6.61 Å². The maximum atomic E-state index is 5.19. The molecule has 0 N–H and O–H groups in total. The second kappa shape index (κ2) is 5.10. The first-order valence-electron chi connectivity index (χ1n) is 3.71. The summed E-state index contributed by atoms with van der Waals surface area (Å²) in [6.07, 6.45) is 3.15. The van der Waals surface area contributed by atoms with Crippen molar-refractivity contribution in [3.63, 3.8) is 0 Å². The Morgan fingerprint density at radius 1 is 1.50 bits per heavy atom. The number of ether oxygens (including phenoxy) is 1. The van der Waals surface area contributed by atoms with Crippen LogP contribution in [0.4, 0.5) is 0 Å². The standard InChI is InChI=1S/C9H16O/c1-5-7-8(3)9(4)10-6-2/h7H,4-6H2,1-3H3. The highest BCUT2D eigenvalue weighted by Crippen LogP contribution is 2.08. The third-order valence-corrected chi connectivity index (χ3v) is 1.27. The number of allylic oxidation sites excluding steroid dienone is 2. The smallest absolute Gasteiger partial charge is 0.114 e. The molecule has 0 aliphatic rings. The fraction of sp³-hybridized carbons (Fsp3) is 0.556. The molecule has 0 saturated heterocycles. The Morgan fingerprint density at radius 3 is 2.50 bits per heavy atom. The summed E-state index contributed by atoms with van der Waals surface area (Å²) in [6, 6.07) is 0. The first kappa shape index (κ1) is 9.28. The van der Waals surface area contributed by atoms with Crippen LogP contribution in [0, 0.1) is 0 Å². The van der Waals surface area contributed by atoms with Gasteiger partial charge in [-0.15, -0.1) is 0 Å². The zero-order valence-corrected chi connectivity index (χ0v) is 7.11. The summed E-state index contributed by atoms with van der Waals surface area (Å²) in [6.45, 7) is 10.6. The van der Waals surface area contributed by atoms with E-state index in [-0.39, 0.29) is 0 Å². The molecule has 10 heavy (non-hydrogen) atoms. The van der Waals surface area contributed by atoms with E-state index in [4.69, 9.17) is 4.74 Å². The van der Waals surface area contributed by atoms with Crippen molar-refractivity contribution in [2.24, 2.45) is 0 Å². The Labute approximate surface area is 63.4 Å². The monoisotopic (exact) mass is 140 g/mol. The van der Waals surface area contributed by atoms with E-state index < -0.39 is 0 Å². The lowest BCUT2D eigenvalue weighted by Gasteiger charge is -2.05. The van der Waals surface area contributed by atoms with Crippen LogP contribution in [0.3, 0.4) is 0 Å². The molecule has 0 atom stereocenters. The van der Waals surface area contributed by atoms with Gasteiger partial charge >= 0.3 is 0 Å². The molecule has 0 heterocycles. The Kier molecular flexibility index (Phi) is 4.73. The van der Waals surface area contributed by atoms with Gasteiger partial charge in [0.15, 0.2) is 0 Å². The molecule has 0 saturated carbocycles. The van der Waals surface area contributed by atoms with Gasteiger partial charge in [0.05, 0.1) is 6.61 Å². The topological polar surface area (TPSA) is 9.23 Å². The van der Waals surface area contributed by atoms with Crippen molar-refractivity contribution >= 4 is 0 Å². The van der Waals surface area contributed by atoms with E-state index in [2.05, 4.69) is 19.6 Å². The van der Waals surface area contributed by atoms with E-state index in [1.165, 1.54) is 0 Å². The van der Waals surface area contributed by atoms with Crippen LogP contribution >= 0.6 is 0 Å². The van der Waals surface area contributed by atoms with Crippen LogP contribution in [0.5, 0.6) is 0 Å². The van der Waals surface area contributed by atoms with E-state index in [0.717, 1.165) is 17.8 Å². The molecule has 58 valence electrons. The van der Waals surface area contributed by atoms with Gasteiger partial charge in [-0.2, -0.15) is 0 Å². The summed E-state index contributed by atoms with van der Waals surface area (Å²) in [5.74, 6) is 0.796. The van der Waals surface area contributed by atoms with Crippen LogP contribution in [0.1, 0.15) is 27.2 Å². The average molecular weight is 140 g/mol. The molecule has 1 nitrogen and oxygen atoms in total. The molecule has 0 rings (SSSR count). The Hall–Kier alpha value is -0.720. The number of hydrogen-bond acceptors (Lipinski definition) is 1. The van der Waals surface area contributed by atoms with Crippen molar-refractivity contribution in [3.05, 3.63) is 24.0 Å². The molecule has 0 aliphatic heterocycles. The van der Waals surface area contributed by atoms with E-state index >= 15 is 0 Å². The molecule has 0 spiro atoms. The van der Waals surface area contributed by atoms with Gasteiger partial charge < -0.3 is 4.74 Å². The van der Waals surface area contributed by atoms with Crippen LogP contribution in [0.2, 0.25) is 0 Å². The van der Waals surface area contributed by atoms with Crippen molar-refractivity contribution in [2.75, 3.05) is 6.61 Å². The summed E-state index contributed by atoms with van der Waals surface area (Å²) < 4.78 is 5.19. The summed E-state index contributed by atoms with van der Waals surface area (Å²) in [5.41, 5.74) is 1.14. The van der Waals surface area contributed by atoms with Crippen molar-refractivity contribution in [1.82, 2.24) is 0 Å². The molecule has 1 heteroatoms. The number of rotatable bonds is 4. The van der Waals surface area contributed by atoms with Crippen LogP contribution < -0.4 is 0 Å². The van der Waals surface area contributed by atoms with E-state index in [0.29, 0.717) is 6.61 Å². The van der Waals surface area contributed by atoms with Gasteiger partial charge in [-0.05, 0) is 25.8 Å². The van der Waals surface area contributed by atoms with Crippen molar-refractivity contribution in [1.29, 1.82) is 0 Å². The molecule has 0 fully saturated rings. The SMILES string of the molecule is C=C(OCC)C(C)=CCC. The maximum absolute atomic E-state index is 5.19. The van der Waals surface area contributed by atoms with Gasteiger partial charge in [-0.25, -0.2) is 0 Å². The lowest BCUT2D eigenvalue weighted by Crippen LogP contribution is -1.90. The molecule has 0 amide bonds. The van der Waals surface area contributed by atoms with E-state index in [1.807, 2.05) is 13.8 Å². The minimum atomic E-state index is 0.702. The average Bonchev–Trinajstić information content (AvgIpc) is 1.89. The largest absolute Gasteiger partial charge is 0.494 e. The summed E-state index contributed by atoms with van der Waals surface area (Å²) in [4.78, 5) is 0. The van der Waals surface area contributed by atoms with Gasteiger partial charge in [0, 0.05) is 0 Å². The molecular weight excluding hydrogens is 124 g/mol. The molecule has 0 aromatic heterocycles. The van der Waals surface area contributed by atoms with Crippen molar-refractivity contribution < 1.29 is 4.74 Å². The highest BCUT2D eigenvalue weighted by atomic mass is 16.5. The fourth-order valence-corrected chi connectivity index (χ4v) is 0.708. The third-order valence-electron chi connectivity index (χ3n) is 1.27. The first-order valence-corrected chi connectivity index (χ1v) is 3.71. The summed E-state index contributed by atoms with van der Waals surface area (Å²) >= 11 is 0. The molecule has 0 radical (unpaired) electrons. The minimum absolute atomic E-state index is 0.702. The maximum Gasteiger partial charge on any atom is 0.114 e. The number of hydrogen-bond donors (Lipinski definition) is 0. The van der Waals surface area contributed by atoms with Gasteiger partial charge in [0.2, 0.25) is 0 Å². The van der Waals surface area contributed by atoms with Gasteiger partial charge in [-0.3, -0.25) is 0 Å².